The molecule has 3 aromatic rings. The molecule has 8 heteroatoms. The van der Waals surface area contributed by atoms with Gasteiger partial charge in [-0.25, -0.2) is 13.9 Å². The first-order valence-corrected chi connectivity index (χ1v) is 9.07. The molecule has 0 spiro atoms. The number of fused-ring (bicyclic) bond motifs is 1. The molecule has 0 bridgehead atoms. The second-order valence-electron chi connectivity index (χ2n) is 6.88. The Balaban J connectivity index is 1.58. The van der Waals surface area contributed by atoms with Crippen LogP contribution >= 0.6 is 0 Å². The van der Waals surface area contributed by atoms with Crippen LogP contribution in [0.4, 0.5) is 11.5 Å². The molecule has 0 radical (unpaired) electrons. The minimum Gasteiger partial charge on any atom is -0.356 e. The van der Waals surface area contributed by atoms with Gasteiger partial charge in [-0.3, -0.25) is 4.79 Å². The minimum absolute atomic E-state index is 0.133. The van der Waals surface area contributed by atoms with Crippen molar-refractivity contribution in [2.24, 2.45) is 0 Å². The van der Waals surface area contributed by atoms with Crippen LogP contribution in [0.5, 0.6) is 0 Å². The van der Waals surface area contributed by atoms with Gasteiger partial charge in [0, 0.05) is 32.0 Å². The Labute approximate surface area is 156 Å². The second-order valence-corrected chi connectivity index (χ2v) is 6.88. The van der Waals surface area contributed by atoms with Crippen molar-refractivity contribution in [2.75, 3.05) is 29.9 Å². The number of rotatable bonds is 4. The van der Waals surface area contributed by atoms with Crippen molar-refractivity contribution in [2.45, 2.75) is 26.3 Å². The number of likely N-dealkylation sites (N-methyl/N-ethyl adjacent to an activating group) is 1. The Morgan fingerprint density at radius 2 is 2.00 bits per heavy atom. The summed E-state index contributed by atoms with van der Waals surface area (Å²) in [6.07, 6.45) is 3.97. The molecule has 1 amide bonds. The quantitative estimate of drug-likeness (QED) is 0.699. The van der Waals surface area contributed by atoms with Crippen LogP contribution in [0.1, 0.15) is 18.4 Å². The van der Waals surface area contributed by atoms with Crippen molar-refractivity contribution < 1.29 is 4.79 Å². The largest absolute Gasteiger partial charge is 0.356 e. The summed E-state index contributed by atoms with van der Waals surface area (Å²) in [5, 5.41) is 4.26. The van der Waals surface area contributed by atoms with E-state index in [2.05, 4.69) is 15.0 Å². The number of nitrogens with zero attached hydrogens (tertiary/aromatic N) is 6. The van der Waals surface area contributed by atoms with Gasteiger partial charge in [0.15, 0.2) is 0 Å². The van der Waals surface area contributed by atoms with Crippen molar-refractivity contribution in [3.8, 4) is 0 Å². The highest BCUT2D eigenvalue weighted by molar-refractivity contribution is 5.92. The summed E-state index contributed by atoms with van der Waals surface area (Å²) in [5.74, 6) is 0.918. The fourth-order valence-corrected chi connectivity index (χ4v) is 3.34. The maximum atomic E-state index is 12.6. The Kier molecular flexibility index (Phi) is 4.39. The van der Waals surface area contributed by atoms with Gasteiger partial charge in [0.1, 0.15) is 12.4 Å². The van der Waals surface area contributed by atoms with Gasteiger partial charge >= 0.3 is 5.69 Å². The van der Waals surface area contributed by atoms with Gasteiger partial charge < -0.3 is 9.80 Å². The van der Waals surface area contributed by atoms with Gasteiger partial charge in [0.05, 0.1) is 0 Å². The first-order valence-electron chi connectivity index (χ1n) is 9.07. The number of hydrogen-bond acceptors (Lipinski definition) is 5. The van der Waals surface area contributed by atoms with Crippen LogP contribution in [0.15, 0.2) is 41.3 Å². The second kappa shape index (κ2) is 6.86. The molecule has 0 N–H and O–H groups in total. The van der Waals surface area contributed by atoms with E-state index in [1.54, 1.807) is 13.2 Å². The molecule has 0 saturated carbocycles. The Morgan fingerprint density at radius 1 is 1.22 bits per heavy atom. The molecule has 0 atom stereocenters. The van der Waals surface area contributed by atoms with Gasteiger partial charge in [0.2, 0.25) is 5.91 Å². The monoisotopic (exact) mass is 366 g/mol. The van der Waals surface area contributed by atoms with Crippen LogP contribution in [0.2, 0.25) is 0 Å². The molecule has 1 saturated heterocycles. The molecular formula is C19H22N6O2. The highest BCUT2D eigenvalue weighted by atomic mass is 16.2. The number of carbonyl (C=O) groups is 1. The highest BCUT2D eigenvalue weighted by Crippen LogP contribution is 2.17. The predicted octanol–water partition coefficient (Wildman–Crippen LogP) is 1.46. The van der Waals surface area contributed by atoms with Gasteiger partial charge in [0.25, 0.3) is 5.78 Å². The van der Waals surface area contributed by atoms with Crippen LogP contribution in [-0.2, 0) is 11.3 Å². The number of amides is 1. The van der Waals surface area contributed by atoms with E-state index in [-0.39, 0.29) is 18.1 Å². The SMILES string of the molecule is Cc1cccc(N(C)C(=O)Cn2nc3nc(N4CCCC4)ccn3c2=O)c1. The van der Waals surface area contributed by atoms with E-state index in [4.69, 9.17) is 0 Å². The van der Waals surface area contributed by atoms with Crippen molar-refractivity contribution in [3.05, 3.63) is 52.6 Å². The van der Waals surface area contributed by atoms with Crippen molar-refractivity contribution >= 4 is 23.2 Å². The molecular weight excluding hydrogens is 344 g/mol. The summed E-state index contributed by atoms with van der Waals surface area (Å²) >= 11 is 0. The molecule has 2 aromatic heterocycles. The molecule has 3 heterocycles. The Morgan fingerprint density at radius 3 is 2.74 bits per heavy atom. The molecule has 1 aliphatic rings. The molecule has 8 nitrogen and oxygen atoms in total. The zero-order valence-electron chi connectivity index (χ0n) is 15.5. The number of aromatic nitrogens is 4. The van der Waals surface area contributed by atoms with Crippen LogP contribution in [-0.4, -0.2) is 45.2 Å². The van der Waals surface area contributed by atoms with Crippen molar-refractivity contribution in [3.63, 3.8) is 0 Å². The van der Waals surface area contributed by atoms with Crippen molar-refractivity contribution in [1.29, 1.82) is 0 Å². The first kappa shape index (κ1) is 17.3. The van der Waals surface area contributed by atoms with Crippen LogP contribution in [0, 0.1) is 6.92 Å². The molecule has 0 aliphatic carbocycles. The summed E-state index contributed by atoms with van der Waals surface area (Å²) in [4.78, 5) is 33.4. The summed E-state index contributed by atoms with van der Waals surface area (Å²) in [6.45, 7) is 3.77. The van der Waals surface area contributed by atoms with E-state index in [1.165, 1.54) is 14.0 Å². The lowest BCUT2D eigenvalue weighted by Gasteiger charge is -2.17. The van der Waals surface area contributed by atoms with E-state index >= 15 is 0 Å². The lowest BCUT2D eigenvalue weighted by molar-refractivity contribution is -0.119. The molecule has 1 aliphatic heterocycles. The molecule has 140 valence electrons. The number of hydrogen-bond donors (Lipinski definition) is 0. The number of benzene rings is 1. The summed E-state index contributed by atoms with van der Waals surface area (Å²) in [6, 6.07) is 9.48. The standard InChI is InChI=1S/C19H22N6O2/c1-14-6-5-7-15(12-14)22(2)17(26)13-25-19(27)24-11-8-16(20-18(24)21-25)23-9-3-4-10-23/h5-8,11-12H,3-4,9-10,13H2,1-2H3. The van der Waals surface area contributed by atoms with Gasteiger partial charge in [-0.2, -0.15) is 4.98 Å². The average molecular weight is 366 g/mol. The first-order chi connectivity index (χ1) is 13.0. The van der Waals surface area contributed by atoms with E-state index in [0.717, 1.165) is 43.0 Å². The van der Waals surface area contributed by atoms with E-state index in [1.807, 2.05) is 37.3 Å². The lowest BCUT2D eigenvalue weighted by Crippen LogP contribution is -2.34. The third-order valence-corrected chi connectivity index (χ3v) is 4.92. The molecule has 4 rings (SSSR count). The highest BCUT2D eigenvalue weighted by Gasteiger charge is 2.18. The third-order valence-electron chi connectivity index (χ3n) is 4.92. The topological polar surface area (TPSA) is 75.7 Å². The number of carbonyl (C=O) groups excluding carboxylic acids is 1. The summed E-state index contributed by atoms with van der Waals surface area (Å²) in [7, 11) is 1.70. The predicted molar refractivity (Wildman–Crippen MR) is 103 cm³/mol. The lowest BCUT2D eigenvalue weighted by atomic mass is 10.2. The van der Waals surface area contributed by atoms with Gasteiger partial charge in [-0.05, 0) is 43.5 Å². The molecule has 0 unspecified atom stereocenters. The van der Waals surface area contributed by atoms with Crippen LogP contribution < -0.4 is 15.5 Å². The molecule has 1 aromatic carbocycles. The maximum Gasteiger partial charge on any atom is 0.352 e. The Hall–Kier alpha value is -3.16. The average Bonchev–Trinajstić information content (AvgIpc) is 3.30. The summed E-state index contributed by atoms with van der Waals surface area (Å²) in [5.41, 5.74) is 1.48. The third kappa shape index (κ3) is 3.30. The maximum absolute atomic E-state index is 12.6. The Bertz CT molecular complexity index is 1050. The zero-order valence-corrected chi connectivity index (χ0v) is 15.5. The zero-order chi connectivity index (χ0) is 19.0. The molecule has 1 fully saturated rings. The molecule has 27 heavy (non-hydrogen) atoms. The van der Waals surface area contributed by atoms with E-state index < -0.39 is 0 Å². The fraction of sp³-hybridized carbons (Fsp3) is 0.368. The van der Waals surface area contributed by atoms with Gasteiger partial charge in [-0.1, -0.05) is 12.1 Å². The normalized spacial score (nSPS) is 14.1. The number of anilines is 2. The fourth-order valence-electron chi connectivity index (χ4n) is 3.34. The van der Waals surface area contributed by atoms with E-state index in [0.29, 0.717) is 5.78 Å². The number of aryl methyl sites for hydroxylation is 1. The van der Waals surface area contributed by atoms with Crippen LogP contribution in [0.3, 0.4) is 0 Å². The summed E-state index contributed by atoms with van der Waals surface area (Å²) < 4.78 is 2.55. The smallest absolute Gasteiger partial charge is 0.352 e. The van der Waals surface area contributed by atoms with Gasteiger partial charge in [-0.15, -0.1) is 5.10 Å². The van der Waals surface area contributed by atoms with Crippen molar-refractivity contribution in [1.82, 2.24) is 19.2 Å². The van der Waals surface area contributed by atoms with E-state index in [9.17, 15) is 9.59 Å². The van der Waals surface area contributed by atoms with Crippen LogP contribution in [0.25, 0.3) is 5.78 Å². The minimum atomic E-state index is -0.364.